The Morgan fingerprint density at radius 2 is 2.11 bits per heavy atom. The number of nitrogens with one attached hydrogen (secondary N) is 1. The molecule has 0 bridgehead atoms. The molecular weight excluding hydrogens is 244 g/mol. The molecule has 1 fully saturated rings. The summed E-state index contributed by atoms with van der Waals surface area (Å²) in [5, 5.41) is 6.54. The summed E-state index contributed by atoms with van der Waals surface area (Å²) in [5.41, 5.74) is 1.31. The number of thiazole rings is 1. The van der Waals surface area contributed by atoms with Crippen LogP contribution in [0.1, 0.15) is 24.4 Å². The van der Waals surface area contributed by atoms with Crippen LogP contribution in [0, 0.1) is 5.92 Å². The highest BCUT2D eigenvalue weighted by molar-refractivity contribution is 7.13. The zero-order valence-electron chi connectivity index (χ0n) is 10.3. The SMILES string of the molecule is COc1ccc(C(Nc2nccs2)C2CC2)cc1. The lowest BCUT2D eigenvalue weighted by atomic mass is 10.0. The number of ether oxygens (including phenoxy) is 1. The topological polar surface area (TPSA) is 34.1 Å². The van der Waals surface area contributed by atoms with Crippen molar-refractivity contribution in [3.8, 4) is 5.75 Å². The van der Waals surface area contributed by atoms with Gasteiger partial charge < -0.3 is 10.1 Å². The maximum atomic E-state index is 5.20. The van der Waals surface area contributed by atoms with Crippen LogP contribution in [0.15, 0.2) is 35.8 Å². The van der Waals surface area contributed by atoms with Crippen LogP contribution < -0.4 is 10.1 Å². The molecule has 1 aliphatic rings. The Labute approximate surface area is 111 Å². The van der Waals surface area contributed by atoms with Crippen LogP contribution in [0.3, 0.4) is 0 Å². The van der Waals surface area contributed by atoms with Gasteiger partial charge in [0.2, 0.25) is 0 Å². The zero-order valence-corrected chi connectivity index (χ0v) is 11.1. The van der Waals surface area contributed by atoms with E-state index in [1.807, 2.05) is 23.7 Å². The zero-order chi connectivity index (χ0) is 12.4. The summed E-state index contributed by atoms with van der Waals surface area (Å²) in [7, 11) is 1.70. The van der Waals surface area contributed by atoms with Gasteiger partial charge in [-0.15, -0.1) is 11.3 Å². The predicted octanol–water partition coefficient (Wildman–Crippen LogP) is 3.71. The third kappa shape index (κ3) is 2.48. The molecule has 2 aromatic rings. The molecule has 1 N–H and O–H groups in total. The smallest absolute Gasteiger partial charge is 0.183 e. The van der Waals surface area contributed by atoms with Crippen molar-refractivity contribution in [1.29, 1.82) is 0 Å². The molecule has 0 saturated heterocycles. The fourth-order valence-electron chi connectivity index (χ4n) is 2.14. The van der Waals surface area contributed by atoms with Gasteiger partial charge in [-0.2, -0.15) is 0 Å². The van der Waals surface area contributed by atoms with E-state index in [9.17, 15) is 0 Å². The van der Waals surface area contributed by atoms with Gasteiger partial charge in [-0.1, -0.05) is 12.1 Å². The third-order valence-corrected chi connectivity index (χ3v) is 3.98. The summed E-state index contributed by atoms with van der Waals surface area (Å²) in [4.78, 5) is 4.31. The van der Waals surface area contributed by atoms with E-state index in [1.165, 1.54) is 18.4 Å². The normalized spacial score (nSPS) is 16.3. The average molecular weight is 260 g/mol. The highest BCUT2D eigenvalue weighted by atomic mass is 32.1. The minimum absolute atomic E-state index is 0.377. The van der Waals surface area contributed by atoms with Gasteiger partial charge in [-0.25, -0.2) is 4.98 Å². The molecule has 1 atom stereocenters. The number of nitrogens with zero attached hydrogens (tertiary/aromatic N) is 1. The maximum absolute atomic E-state index is 5.20. The van der Waals surface area contributed by atoms with Gasteiger partial charge in [-0.3, -0.25) is 0 Å². The van der Waals surface area contributed by atoms with Gasteiger partial charge in [0.15, 0.2) is 5.13 Å². The molecule has 4 heteroatoms. The highest BCUT2D eigenvalue weighted by Gasteiger charge is 2.32. The van der Waals surface area contributed by atoms with Gasteiger partial charge in [-0.05, 0) is 36.5 Å². The van der Waals surface area contributed by atoms with Crippen molar-refractivity contribution in [1.82, 2.24) is 4.98 Å². The maximum Gasteiger partial charge on any atom is 0.183 e. The van der Waals surface area contributed by atoms with Crippen LogP contribution in [0.2, 0.25) is 0 Å². The molecule has 1 saturated carbocycles. The second kappa shape index (κ2) is 4.98. The van der Waals surface area contributed by atoms with E-state index in [0.717, 1.165) is 16.8 Å². The Balaban J connectivity index is 1.80. The van der Waals surface area contributed by atoms with Crippen molar-refractivity contribution in [2.45, 2.75) is 18.9 Å². The number of hydrogen-bond donors (Lipinski definition) is 1. The van der Waals surface area contributed by atoms with E-state index in [2.05, 4.69) is 22.4 Å². The summed E-state index contributed by atoms with van der Waals surface area (Å²) in [6.07, 6.45) is 4.44. The lowest BCUT2D eigenvalue weighted by Crippen LogP contribution is -2.12. The van der Waals surface area contributed by atoms with Crippen molar-refractivity contribution < 1.29 is 4.74 Å². The Morgan fingerprint density at radius 1 is 1.33 bits per heavy atom. The van der Waals surface area contributed by atoms with Crippen molar-refractivity contribution in [2.75, 3.05) is 12.4 Å². The molecule has 3 nitrogen and oxygen atoms in total. The molecule has 94 valence electrons. The van der Waals surface area contributed by atoms with E-state index in [0.29, 0.717) is 6.04 Å². The third-order valence-electron chi connectivity index (χ3n) is 3.28. The van der Waals surface area contributed by atoms with Crippen LogP contribution in [0.25, 0.3) is 0 Å². The number of aromatic nitrogens is 1. The van der Waals surface area contributed by atoms with E-state index in [-0.39, 0.29) is 0 Å². The fraction of sp³-hybridized carbons (Fsp3) is 0.357. The van der Waals surface area contributed by atoms with E-state index >= 15 is 0 Å². The molecule has 3 rings (SSSR count). The lowest BCUT2D eigenvalue weighted by Gasteiger charge is -2.18. The summed E-state index contributed by atoms with van der Waals surface area (Å²) in [5.74, 6) is 1.64. The van der Waals surface area contributed by atoms with E-state index in [4.69, 9.17) is 4.74 Å². The first-order chi connectivity index (χ1) is 8.86. The Morgan fingerprint density at radius 3 is 2.67 bits per heavy atom. The first-order valence-electron chi connectivity index (χ1n) is 6.17. The van der Waals surface area contributed by atoms with Gasteiger partial charge in [0, 0.05) is 11.6 Å². The molecule has 0 radical (unpaired) electrons. The molecule has 1 unspecified atom stereocenters. The van der Waals surface area contributed by atoms with Gasteiger partial charge in [0.05, 0.1) is 13.2 Å². The minimum Gasteiger partial charge on any atom is -0.497 e. The van der Waals surface area contributed by atoms with Crippen LogP contribution >= 0.6 is 11.3 Å². The largest absolute Gasteiger partial charge is 0.497 e. The Kier molecular flexibility index (Phi) is 3.19. The quantitative estimate of drug-likeness (QED) is 0.889. The van der Waals surface area contributed by atoms with Crippen molar-refractivity contribution >= 4 is 16.5 Å². The molecule has 1 heterocycles. The number of methoxy groups -OCH3 is 1. The van der Waals surface area contributed by atoms with Crippen molar-refractivity contribution in [2.24, 2.45) is 5.92 Å². The first kappa shape index (κ1) is 11.5. The van der Waals surface area contributed by atoms with Crippen molar-refractivity contribution in [3.63, 3.8) is 0 Å². The Hall–Kier alpha value is -1.55. The second-order valence-corrected chi connectivity index (χ2v) is 5.46. The lowest BCUT2D eigenvalue weighted by molar-refractivity contribution is 0.414. The number of rotatable bonds is 5. The van der Waals surface area contributed by atoms with Gasteiger partial charge in [0.1, 0.15) is 5.75 Å². The fourth-order valence-corrected chi connectivity index (χ4v) is 2.71. The molecule has 1 aliphatic carbocycles. The number of anilines is 1. The summed E-state index contributed by atoms with van der Waals surface area (Å²) in [6, 6.07) is 8.70. The van der Waals surface area contributed by atoms with Crippen LogP contribution in [-0.2, 0) is 0 Å². The molecule has 18 heavy (non-hydrogen) atoms. The number of hydrogen-bond acceptors (Lipinski definition) is 4. The van der Waals surface area contributed by atoms with Crippen LogP contribution in [-0.4, -0.2) is 12.1 Å². The summed E-state index contributed by atoms with van der Waals surface area (Å²) < 4.78 is 5.20. The van der Waals surface area contributed by atoms with E-state index in [1.54, 1.807) is 18.4 Å². The molecule has 0 aliphatic heterocycles. The first-order valence-corrected chi connectivity index (χ1v) is 7.05. The van der Waals surface area contributed by atoms with Crippen LogP contribution in [0.5, 0.6) is 5.75 Å². The Bertz CT molecular complexity index is 491. The monoisotopic (exact) mass is 260 g/mol. The van der Waals surface area contributed by atoms with E-state index < -0.39 is 0 Å². The summed E-state index contributed by atoms with van der Waals surface area (Å²) in [6.45, 7) is 0. The molecule has 1 aromatic carbocycles. The van der Waals surface area contributed by atoms with Crippen molar-refractivity contribution in [3.05, 3.63) is 41.4 Å². The molecule has 0 spiro atoms. The average Bonchev–Trinajstić information content (AvgIpc) is 3.13. The highest BCUT2D eigenvalue weighted by Crippen LogP contribution is 2.43. The summed E-state index contributed by atoms with van der Waals surface area (Å²) >= 11 is 1.65. The minimum atomic E-state index is 0.377. The second-order valence-electron chi connectivity index (χ2n) is 4.57. The van der Waals surface area contributed by atoms with Crippen LogP contribution in [0.4, 0.5) is 5.13 Å². The standard InChI is InChI=1S/C14H16N2OS/c1-17-12-6-4-11(5-7-12)13(10-2-3-10)16-14-15-8-9-18-14/h4-10,13H,2-3H2,1H3,(H,15,16). The molecule has 0 amide bonds. The van der Waals surface area contributed by atoms with Gasteiger partial charge >= 0.3 is 0 Å². The van der Waals surface area contributed by atoms with Gasteiger partial charge in [0.25, 0.3) is 0 Å². The molecule has 1 aromatic heterocycles. The molecular formula is C14H16N2OS. The predicted molar refractivity (Wildman–Crippen MR) is 74.2 cm³/mol. The number of benzene rings is 1.